The number of aromatic nitrogens is 3. The van der Waals surface area contributed by atoms with Crippen LogP contribution >= 0.6 is 34.8 Å². The maximum Gasteiger partial charge on any atom is 0.161 e. The van der Waals surface area contributed by atoms with Gasteiger partial charge in [0.15, 0.2) is 5.65 Å². The molecule has 0 saturated carbocycles. The highest BCUT2D eigenvalue weighted by atomic mass is 35.5. The van der Waals surface area contributed by atoms with Crippen LogP contribution in [0, 0.1) is 0 Å². The number of hydrogen-bond acceptors (Lipinski definition) is 2. The summed E-state index contributed by atoms with van der Waals surface area (Å²) in [6, 6.07) is 7.28. The minimum absolute atomic E-state index is 0.361. The normalized spacial score (nSPS) is 11.2. The van der Waals surface area contributed by atoms with E-state index in [0.29, 0.717) is 26.5 Å². The lowest BCUT2D eigenvalue weighted by Crippen LogP contribution is -1.98. The van der Waals surface area contributed by atoms with E-state index in [2.05, 4.69) is 10.1 Å². The molecule has 3 rings (SSSR count). The van der Waals surface area contributed by atoms with E-state index in [0.717, 1.165) is 17.5 Å². The van der Waals surface area contributed by atoms with E-state index in [4.69, 9.17) is 34.8 Å². The zero-order valence-corrected chi connectivity index (χ0v) is 12.8. The molecule has 0 aliphatic heterocycles. The van der Waals surface area contributed by atoms with Crippen molar-refractivity contribution in [2.75, 3.05) is 0 Å². The first-order valence-corrected chi connectivity index (χ1v) is 7.22. The van der Waals surface area contributed by atoms with Crippen molar-refractivity contribution in [2.45, 2.75) is 13.3 Å². The lowest BCUT2D eigenvalue weighted by Gasteiger charge is -2.09. The maximum absolute atomic E-state index is 6.43. The van der Waals surface area contributed by atoms with Crippen LogP contribution < -0.4 is 0 Å². The third-order valence-electron chi connectivity index (χ3n) is 3.13. The van der Waals surface area contributed by atoms with Gasteiger partial charge in [-0.2, -0.15) is 5.10 Å². The molecule has 0 bridgehead atoms. The summed E-state index contributed by atoms with van der Waals surface area (Å²) in [5.74, 6) is 0. The molecular weight excluding hydrogens is 317 g/mol. The van der Waals surface area contributed by atoms with Crippen molar-refractivity contribution in [1.82, 2.24) is 14.6 Å². The van der Waals surface area contributed by atoms with E-state index in [1.807, 2.05) is 19.1 Å². The number of benzene rings is 1. The van der Waals surface area contributed by atoms with E-state index in [-0.39, 0.29) is 0 Å². The Kier molecular flexibility index (Phi) is 3.59. The number of halogens is 3. The lowest BCUT2D eigenvalue weighted by molar-refractivity contribution is 0.942. The van der Waals surface area contributed by atoms with Gasteiger partial charge in [0.2, 0.25) is 0 Å². The van der Waals surface area contributed by atoms with Crippen molar-refractivity contribution >= 4 is 40.4 Å². The van der Waals surface area contributed by atoms with Crippen LogP contribution in [0.25, 0.3) is 16.8 Å². The molecule has 3 nitrogen and oxygen atoms in total. The molecular formula is C14H10Cl3N3. The van der Waals surface area contributed by atoms with E-state index < -0.39 is 0 Å². The van der Waals surface area contributed by atoms with Gasteiger partial charge in [0.05, 0.1) is 11.8 Å². The highest BCUT2D eigenvalue weighted by Crippen LogP contribution is 2.35. The third-order valence-corrected chi connectivity index (χ3v) is 4.01. The number of fused-ring (bicyclic) bond motifs is 1. The van der Waals surface area contributed by atoms with Crippen LogP contribution in [-0.2, 0) is 6.42 Å². The van der Waals surface area contributed by atoms with E-state index in [9.17, 15) is 0 Å². The topological polar surface area (TPSA) is 30.2 Å². The van der Waals surface area contributed by atoms with Gasteiger partial charge in [-0.1, -0.05) is 53.9 Å². The molecule has 0 aliphatic carbocycles. The Hall–Kier alpha value is -1.29. The van der Waals surface area contributed by atoms with E-state index >= 15 is 0 Å². The number of aryl methyl sites for hydroxylation is 1. The molecule has 0 unspecified atom stereocenters. The predicted octanol–water partition coefficient (Wildman–Crippen LogP) is 4.92. The monoisotopic (exact) mass is 325 g/mol. The Labute approximate surface area is 131 Å². The van der Waals surface area contributed by atoms with Crippen LogP contribution in [0.4, 0.5) is 0 Å². The van der Waals surface area contributed by atoms with Crippen LogP contribution in [0.5, 0.6) is 0 Å². The maximum atomic E-state index is 6.43. The van der Waals surface area contributed by atoms with Gasteiger partial charge in [0, 0.05) is 10.6 Å². The van der Waals surface area contributed by atoms with Gasteiger partial charge in [-0.25, -0.2) is 9.50 Å². The summed E-state index contributed by atoms with van der Waals surface area (Å²) in [5, 5.41) is 5.73. The molecule has 0 spiro atoms. The molecule has 2 heterocycles. The summed E-state index contributed by atoms with van der Waals surface area (Å²) >= 11 is 18.6. The van der Waals surface area contributed by atoms with Crippen molar-refractivity contribution < 1.29 is 0 Å². The zero-order valence-electron chi connectivity index (χ0n) is 10.6. The summed E-state index contributed by atoms with van der Waals surface area (Å²) in [5.41, 5.74) is 3.22. The van der Waals surface area contributed by atoms with Crippen molar-refractivity contribution in [2.24, 2.45) is 0 Å². The summed E-state index contributed by atoms with van der Waals surface area (Å²) < 4.78 is 1.61. The van der Waals surface area contributed by atoms with Gasteiger partial charge >= 0.3 is 0 Å². The molecule has 0 fully saturated rings. The second-order valence-corrected chi connectivity index (χ2v) is 5.49. The summed E-state index contributed by atoms with van der Waals surface area (Å²) in [4.78, 5) is 4.41. The molecule has 0 amide bonds. The van der Waals surface area contributed by atoms with Crippen LogP contribution in [-0.4, -0.2) is 14.6 Å². The van der Waals surface area contributed by atoms with Crippen LogP contribution in [0.1, 0.15) is 12.5 Å². The highest BCUT2D eigenvalue weighted by molar-refractivity contribution is 6.38. The first-order chi connectivity index (χ1) is 9.61. The fourth-order valence-electron chi connectivity index (χ4n) is 2.08. The van der Waals surface area contributed by atoms with Crippen molar-refractivity contribution in [3.63, 3.8) is 0 Å². The highest BCUT2D eigenvalue weighted by Gasteiger charge is 2.17. The molecule has 1 aromatic carbocycles. The lowest BCUT2D eigenvalue weighted by atomic mass is 10.1. The standard InChI is InChI=1S/C14H10Cl3N3/c1-2-8-7-18-20-13(17)11(12(16)19-14(8)20)9-3-5-10(15)6-4-9/h3-7H,2H2,1H3. The summed E-state index contributed by atoms with van der Waals surface area (Å²) in [7, 11) is 0. The van der Waals surface area contributed by atoms with Gasteiger partial charge in [-0.15, -0.1) is 0 Å². The summed E-state index contributed by atoms with van der Waals surface area (Å²) in [6.07, 6.45) is 2.58. The second-order valence-electron chi connectivity index (χ2n) is 4.33. The van der Waals surface area contributed by atoms with Crippen molar-refractivity contribution in [3.8, 4) is 11.1 Å². The molecule has 6 heteroatoms. The third kappa shape index (κ3) is 2.16. The Balaban J connectivity index is 2.28. The number of hydrogen-bond donors (Lipinski definition) is 0. The number of nitrogens with zero attached hydrogens (tertiary/aromatic N) is 3. The Morgan fingerprint density at radius 2 is 1.80 bits per heavy atom. The second kappa shape index (κ2) is 5.24. The molecule has 20 heavy (non-hydrogen) atoms. The Morgan fingerprint density at radius 1 is 1.10 bits per heavy atom. The zero-order chi connectivity index (χ0) is 14.3. The van der Waals surface area contributed by atoms with Crippen LogP contribution in [0.3, 0.4) is 0 Å². The largest absolute Gasteiger partial charge is 0.216 e. The molecule has 0 atom stereocenters. The van der Waals surface area contributed by atoms with Crippen LogP contribution in [0.2, 0.25) is 15.3 Å². The molecule has 0 saturated heterocycles. The molecule has 0 aliphatic rings. The van der Waals surface area contributed by atoms with E-state index in [1.54, 1.807) is 22.8 Å². The fraction of sp³-hybridized carbons (Fsp3) is 0.143. The Morgan fingerprint density at radius 3 is 2.45 bits per heavy atom. The summed E-state index contributed by atoms with van der Waals surface area (Å²) in [6.45, 7) is 2.04. The molecule has 2 aromatic heterocycles. The van der Waals surface area contributed by atoms with Gasteiger partial charge < -0.3 is 0 Å². The first kappa shape index (κ1) is 13.7. The molecule has 0 radical (unpaired) electrons. The van der Waals surface area contributed by atoms with Crippen LogP contribution in [0.15, 0.2) is 30.5 Å². The van der Waals surface area contributed by atoms with Crippen molar-refractivity contribution in [3.05, 3.63) is 51.4 Å². The molecule has 0 N–H and O–H groups in total. The molecule has 3 aromatic rings. The van der Waals surface area contributed by atoms with Gasteiger partial charge in [0.1, 0.15) is 10.3 Å². The first-order valence-electron chi connectivity index (χ1n) is 6.09. The van der Waals surface area contributed by atoms with Gasteiger partial charge in [0.25, 0.3) is 0 Å². The Bertz CT molecular complexity index is 778. The van der Waals surface area contributed by atoms with Gasteiger partial charge in [-0.05, 0) is 24.1 Å². The van der Waals surface area contributed by atoms with Gasteiger partial charge in [-0.3, -0.25) is 0 Å². The smallest absolute Gasteiger partial charge is 0.161 e. The van der Waals surface area contributed by atoms with Crippen molar-refractivity contribution in [1.29, 1.82) is 0 Å². The minimum atomic E-state index is 0.361. The molecule has 102 valence electrons. The van der Waals surface area contributed by atoms with E-state index in [1.165, 1.54) is 0 Å². The average molecular weight is 327 g/mol. The number of rotatable bonds is 2. The quantitative estimate of drug-likeness (QED) is 0.626. The SMILES string of the molecule is CCc1cnn2c(Cl)c(-c3ccc(Cl)cc3)c(Cl)nc12. The average Bonchev–Trinajstić information content (AvgIpc) is 2.84. The predicted molar refractivity (Wildman–Crippen MR) is 82.8 cm³/mol. The minimum Gasteiger partial charge on any atom is -0.216 e. The fourth-order valence-corrected chi connectivity index (χ4v) is 2.86.